The minimum atomic E-state index is 0.761. The third kappa shape index (κ3) is 3.03. The zero-order valence-corrected chi connectivity index (χ0v) is 9.41. The third-order valence-corrected chi connectivity index (χ3v) is 2.44. The molecule has 0 saturated carbocycles. The number of hydrogen-bond donors (Lipinski definition) is 1. The molecule has 0 aromatic carbocycles. The molecule has 0 atom stereocenters. The zero-order chi connectivity index (χ0) is 10.4. The van der Waals surface area contributed by atoms with Crippen LogP contribution >= 0.6 is 12.6 Å². The zero-order valence-electron chi connectivity index (χ0n) is 8.51. The van der Waals surface area contributed by atoms with E-state index in [0.29, 0.717) is 0 Å². The standard InChI is InChI=1S/C10H15N3S/c1-3-13(10(14)11-2)8-9-5-4-6-12-7-9/h4-7H,3,8H2,1-2H3,(H,11,14). The first-order valence-electron chi connectivity index (χ1n) is 4.57. The van der Waals surface area contributed by atoms with Crippen molar-refractivity contribution in [1.82, 2.24) is 9.88 Å². The molecule has 0 saturated heterocycles. The summed E-state index contributed by atoms with van der Waals surface area (Å²) < 4.78 is 0. The summed E-state index contributed by atoms with van der Waals surface area (Å²) in [5.41, 5.74) is 1.17. The van der Waals surface area contributed by atoms with Gasteiger partial charge in [0.25, 0.3) is 0 Å². The van der Waals surface area contributed by atoms with Crippen LogP contribution in [0.4, 0.5) is 0 Å². The van der Waals surface area contributed by atoms with Gasteiger partial charge in [0.15, 0.2) is 5.17 Å². The number of thiol groups is 1. The van der Waals surface area contributed by atoms with E-state index in [1.54, 1.807) is 13.2 Å². The first-order valence-corrected chi connectivity index (χ1v) is 5.02. The highest BCUT2D eigenvalue weighted by Gasteiger charge is 2.04. The molecule has 3 nitrogen and oxygen atoms in total. The first-order chi connectivity index (χ1) is 6.77. The quantitative estimate of drug-likeness (QED) is 0.467. The van der Waals surface area contributed by atoms with Crippen LogP contribution in [0.15, 0.2) is 29.5 Å². The lowest BCUT2D eigenvalue weighted by Crippen LogP contribution is -2.26. The van der Waals surface area contributed by atoms with Gasteiger partial charge in [0.2, 0.25) is 0 Å². The van der Waals surface area contributed by atoms with E-state index in [-0.39, 0.29) is 0 Å². The molecule has 0 N–H and O–H groups in total. The van der Waals surface area contributed by atoms with Crippen molar-refractivity contribution in [3.8, 4) is 0 Å². The summed E-state index contributed by atoms with van der Waals surface area (Å²) in [5, 5.41) is 0.761. The molecule has 0 aliphatic carbocycles. The predicted octanol–water partition coefficient (Wildman–Crippen LogP) is 1.82. The van der Waals surface area contributed by atoms with E-state index in [1.807, 2.05) is 18.3 Å². The lowest BCUT2D eigenvalue weighted by atomic mass is 10.3. The molecule has 4 heteroatoms. The highest BCUT2D eigenvalue weighted by atomic mass is 32.1. The Morgan fingerprint density at radius 3 is 2.93 bits per heavy atom. The van der Waals surface area contributed by atoms with Crippen molar-refractivity contribution in [2.24, 2.45) is 4.99 Å². The maximum absolute atomic E-state index is 4.29. The molecular formula is C10H15N3S. The van der Waals surface area contributed by atoms with Crippen molar-refractivity contribution in [2.75, 3.05) is 13.6 Å². The Hall–Kier alpha value is -1.03. The lowest BCUT2D eigenvalue weighted by molar-refractivity contribution is 0.443. The van der Waals surface area contributed by atoms with Gasteiger partial charge >= 0.3 is 0 Å². The molecule has 1 aromatic heterocycles. The van der Waals surface area contributed by atoms with Gasteiger partial charge in [0.05, 0.1) is 0 Å². The van der Waals surface area contributed by atoms with Crippen molar-refractivity contribution in [3.05, 3.63) is 30.1 Å². The van der Waals surface area contributed by atoms with Crippen molar-refractivity contribution < 1.29 is 0 Å². The Morgan fingerprint density at radius 2 is 2.43 bits per heavy atom. The van der Waals surface area contributed by atoms with Gasteiger partial charge in [-0.05, 0) is 18.6 Å². The Balaban J connectivity index is 2.67. The number of aromatic nitrogens is 1. The van der Waals surface area contributed by atoms with E-state index in [2.05, 4.69) is 34.4 Å². The maximum Gasteiger partial charge on any atom is 0.156 e. The molecule has 0 fully saturated rings. The van der Waals surface area contributed by atoms with Crippen molar-refractivity contribution in [2.45, 2.75) is 13.5 Å². The lowest BCUT2D eigenvalue weighted by Gasteiger charge is -2.20. The van der Waals surface area contributed by atoms with Crippen LogP contribution in [0.3, 0.4) is 0 Å². The minimum absolute atomic E-state index is 0.761. The Kier molecular flexibility index (Phi) is 4.46. The van der Waals surface area contributed by atoms with Crippen LogP contribution in [0.25, 0.3) is 0 Å². The molecule has 0 spiro atoms. The topological polar surface area (TPSA) is 28.5 Å². The Morgan fingerprint density at radius 1 is 1.64 bits per heavy atom. The largest absolute Gasteiger partial charge is 0.348 e. The molecule has 0 unspecified atom stereocenters. The molecule has 0 aliphatic heterocycles. The molecule has 0 amide bonds. The van der Waals surface area contributed by atoms with Crippen LogP contribution in [0.1, 0.15) is 12.5 Å². The first kappa shape index (κ1) is 11.0. The summed E-state index contributed by atoms with van der Waals surface area (Å²) in [5.74, 6) is 0. The van der Waals surface area contributed by atoms with Crippen LogP contribution in [-0.2, 0) is 6.54 Å². The average molecular weight is 209 g/mol. The number of hydrogen-bond acceptors (Lipinski definition) is 2. The van der Waals surface area contributed by atoms with Gasteiger partial charge in [-0.15, -0.1) is 12.6 Å². The van der Waals surface area contributed by atoms with Crippen LogP contribution in [0, 0.1) is 0 Å². The highest BCUT2D eigenvalue weighted by molar-refractivity contribution is 7.96. The second kappa shape index (κ2) is 5.65. The summed E-state index contributed by atoms with van der Waals surface area (Å²) >= 11 is 4.29. The van der Waals surface area contributed by atoms with Crippen LogP contribution in [0.2, 0.25) is 0 Å². The van der Waals surface area contributed by atoms with Gasteiger partial charge in [-0.1, -0.05) is 6.07 Å². The number of nitrogens with zero attached hydrogens (tertiary/aromatic N) is 3. The second-order valence-electron chi connectivity index (χ2n) is 2.90. The van der Waals surface area contributed by atoms with Crippen LogP contribution in [0.5, 0.6) is 0 Å². The second-order valence-corrected chi connectivity index (χ2v) is 3.30. The molecule has 1 aromatic rings. The molecule has 14 heavy (non-hydrogen) atoms. The van der Waals surface area contributed by atoms with Crippen LogP contribution in [-0.4, -0.2) is 28.6 Å². The van der Waals surface area contributed by atoms with E-state index in [4.69, 9.17) is 0 Å². The molecule has 1 heterocycles. The monoisotopic (exact) mass is 209 g/mol. The van der Waals surface area contributed by atoms with E-state index < -0.39 is 0 Å². The van der Waals surface area contributed by atoms with E-state index in [0.717, 1.165) is 18.3 Å². The summed E-state index contributed by atoms with van der Waals surface area (Å²) in [4.78, 5) is 10.2. The molecule has 76 valence electrons. The molecule has 1 rings (SSSR count). The summed E-state index contributed by atoms with van der Waals surface area (Å²) in [6.45, 7) is 3.78. The Bertz CT molecular complexity index is 297. The highest BCUT2D eigenvalue weighted by Crippen LogP contribution is 2.05. The average Bonchev–Trinajstić information content (AvgIpc) is 2.26. The molecule has 0 radical (unpaired) electrons. The van der Waals surface area contributed by atoms with E-state index in [9.17, 15) is 0 Å². The summed E-state index contributed by atoms with van der Waals surface area (Å²) in [7, 11) is 1.74. The Labute approximate surface area is 90.3 Å². The van der Waals surface area contributed by atoms with Crippen LogP contribution < -0.4 is 0 Å². The van der Waals surface area contributed by atoms with E-state index in [1.165, 1.54) is 5.56 Å². The number of pyridine rings is 1. The van der Waals surface area contributed by atoms with Gasteiger partial charge in [-0.25, -0.2) is 0 Å². The predicted molar refractivity (Wildman–Crippen MR) is 62.7 cm³/mol. The van der Waals surface area contributed by atoms with Gasteiger partial charge < -0.3 is 4.90 Å². The number of rotatable bonds is 3. The fourth-order valence-corrected chi connectivity index (χ4v) is 1.39. The van der Waals surface area contributed by atoms with E-state index >= 15 is 0 Å². The summed E-state index contributed by atoms with van der Waals surface area (Å²) in [6.07, 6.45) is 3.63. The SMILES string of the molecule is CCN(Cc1cccnc1)C(S)=NC. The summed E-state index contributed by atoms with van der Waals surface area (Å²) in [6, 6.07) is 3.98. The molecular weight excluding hydrogens is 194 g/mol. The normalized spacial score (nSPS) is 11.5. The molecule has 0 bridgehead atoms. The van der Waals surface area contributed by atoms with Gasteiger partial charge in [0, 0.05) is 32.5 Å². The van der Waals surface area contributed by atoms with Crippen molar-refractivity contribution in [1.29, 1.82) is 0 Å². The number of amidine groups is 1. The number of aliphatic imine (C=N–C) groups is 1. The van der Waals surface area contributed by atoms with Gasteiger partial charge in [-0.3, -0.25) is 9.98 Å². The third-order valence-electron chi connectivity index (χ3n) is 1.96. The maximum atomic E-state index is 4.29. The minimum Gasteiger partial charge on any atom is -0.348 e. The fourth-order valence-electron chi connectivity index (χ4n) is 1.18. The fraction of sp³-hybridized carbons (Fsp3) is 0.400. The van der Waals surface area contributed by atoms with Gasteiger partial charge in [0.1, 0.15) is 0 Å². The van der Waals surface area contributed by atoms with Gasteiger partial charge in [-0.2, -0.15) is 0 Å². The smallest absolute Gasteiger partial charge is 0.156 e. The van der Waals surface area contributed by atoms with Crippen molar-refractivity contribution >= 4 is 17.8 Å². The van der Waals surface area contributed by atoms with Crippen molar-refractivity contribution in [3.63, 3.8) is 0 Å². The molecule has 0 aliphatic rings.